The molecule has 5 heteroatoms. The number of hydrogen-bond donors (Lipinski definition) is 0. The summed E-state index contributed by atoms with van der Waals surface area (Å²) in [5.74, 6) is 0.114. The molecule has 0 unspecified atom stereocenters. The first kappa shape index (κ1) is 12.2. The summed E-state index contributed by atoms with van der Waals surface area (Å²) in [6, 6.07) is 8.01. The van der Waals surface area contributed by atoms with Gasteiger partial charge >= 0.3 is 0 Å². The smallest absolute Gasteiger partial charge is 0.264 e. The molecule has 0 aliphatic carbocycles. The zero-order valence-electron chi connectivity index (χ0n) is 9.64. The normalized spacial score (nSPS) is 19.4. The van der Waals surface area contributed by atoms with Gasteiger partial charge in [0.15, 0.2) is 0 Å². The van der Waals surface area contributed by atoms with Crippen LogP contribution >= 0.6 is 34.3 Å². The first-order chi connectivity index (χ1) is 8.75. The van der Waals surface area contributed by atoms with Crippen LogP contribution in [0.2, 0.25) is 4.34 Å². The minimum Gasteiger partial charge on any atom is -0.330 e. The number of thiophene rings is 2. The molecule has 2 nitrogen and oxygen atoms in total. The van der Waals surface area contributed by atoms with Crippen LogP contribution < -0.4 is 0 Å². The van der Waals surface area contributed by atoms with E-state index in [1.165, 1.54) is 16.2 Å². The average Bonchev–Trinajstić information content (AvgIpc) is 3.08. The second-order valence-electron chi connectivity index (χ2n) is 4.28. The minimum absolute atomic E-state index is 0.114. The molecule has 1 saturated heterocycles. The fourth-order valence-corrected chi connectivity index (χ4v) is 4.23. The SMILES string of the molecule is O=C(c1ccc(Cl)s1)N1CCC[C@H]1c1cccs1. The van der Waals surface area contributed by atoms with Gasteiger partial charge in [-0.25, -0.2) is 0 Å². The maximum absolute atomic E-state index is 12.4. The molecule has 1 atom stereocenters. The first-order valence-corrected chi connectivity index (χ1v) is 7.93. The summed E-state index contributed by atoms with van der Waals surface area (Å²) in [6.45, 7) is 0.844. The summed E-state index contributed by atoms with van der Waals surface area (Å²) < 4.78 is 0.672. The molecule has 94 valence electrons. The predicted molar refractivity (Wildman–Crippen MR) is 76.7 cm³/mol. The lowest BCUT2D eigenvalue weighted by atomic mass is 10.2. The van der Waals surface area contributed by atoms with Gasteiger partial charge in [-0.3, -0.25) is 4.79 Å². The molecule has 1 fully saturated rings. The van der Waals surface area contributed by atoms with Crippen molar-refractivity contribution in [3.8, 4) is 0 Å². The van der Waals surface area contributed by atoms with Gasteiger partial charge in [-0.05, 0) is 36.4 Å². The Bertz CT molecular complexity index is 549. The van der Waals surface area contributed by atoms with Gasteiger partial charge in [0.05, 0.1) is 15.3 Å². The van der Waals surface area contributed by atoms with E-state index in [1.807, 2.05) is 17.0 Å². The van der Waals surface area contributed by atoms with Gasteiger partial charge in [0, 0.05) is 11.4 Å². The average molecular weight is 298 g/mol. The van der Waals surface area contributed by atoms with Crippen molar-refractivity contribution in [2.24, 2.45) is 0 Å². The van der Waals surface area contributed by atoms with Gasteiger partial charge in [-0.1, -0.05) is 17.7 Å². The highest BCUT2D eigenvalue weighted by Gasteiger charge is 2.31. The fraction of sp³-hybridized carbons (Fsp3) is 0.308. The van der Waals surface area contributed by atoms with Crippen LogP contribution in [0.15, 0.2) is 29.6 Å². The maximum atomic E-state index is 12.4. The number of nitrogens with zero attached hydrogens (tertiary/aromatic N) is 1. The van der Waals surface area contributed by atoms with Crippen LogP contribution in [0.25, 0.3) is 0 Å². The molecule has 2 aromatic heterocycles. The van der Waals surface area contributed by atoms with Crippen LogP contribution in [-0.2, 0) is 0 Å². The molecule has 0 radical (unpaired) electrons. The number of carbonyl (C=O) groups is 1. The molecule has 2 aromatic rings. The Morgan fingerprint density at radius 3 is 2.94 bits per heavy atom. The molecule has 0 bridgehead atoms. The number of halogens is 1. The second-order valence-corrected chi connectivity index (χ2v) is 6.97. The lowest BCUT2D eigenvalue weighted by Gasteiger charge is -2.23. The molecule has 3 heterocycles. The topological polar surface area (TPSA) is 20.3 Å². The van der Waals surface area contributed by atoms with E-state index >= 15 is 0 Å². The molecule has 0 N–H and O–H groups in total. The van der Waals surface area contributed by atoms with Gasteiger partial charge in [0.2, 0.25) is 0 Å². The van der Waals surface area contributed by atoms with Crippen molar-refractivity contribution in [2.75, 3.05) is 6.54 Å². The van der Waals surface area contributed by atoms with Gasteiger partial charge in [-0.2, -0.15) is 0 Å². The Kier molecular flexibility index (Phi) is 3.41. The maximum Gasteiger partial charge on any atom is 0.264 e. The van der Waals surface area contributed by atoms with E-state index in [1.54, 1.807) is 17.4 Å². The molecule has 0 saturated carbocycles. The van der Waals surface area contributed by atoms with E-state index in [0.717, 1.165) is 24.3 Å². The summed E-state index contributed by atoms with van der Waals surface area (Å²) in [5, 5.41) is 2.07. The monoisotopic (exact) mass is 297 g/mol. The van der Waals surface area contributed by atoms with E-state index in [4.69, 9.17) is 11.6 Å². The lowest BCUT2D eigenvalue weighted by molar-refractivity contribution is 0.0743. The van der Waals surface area contributed by atoms with Gasteiger partial charge < -0.3 is 4.90 Å². The van der Waals surface area contributed by atoms with Crippen molar-refractivity contribution in [1.82, 2.24) is 4.90 Å². The van der Waals surface area contributed by atoms with E-state index in [2.05, 4.69) is 11.4 Å². The van der Waals surface area contributed by atoms with Crippen LogP contribution in [0.4, 0.5) is 0 Å². The summed E-state index contributed by atoms with van der Waals surface area (Å²) in [6.07, 6.45) is 2.14. The van der Waals surface area contributed by atoms with Crippen molar-refractivity contribution >= 4 is 40.2 Å². The molecule has 1 aliphatic rings. The van der Waals surface area contributed by atoms with Gasteiger partial charge in [0.25, 0.3) is 5.91 Å². The zero-order chi connectivity index (χ0) is 12.5. The van der Waals surface area contributed by atoms with Crippen LogP contribution in [0.3, 0.4) is 0 Å². The Hall–Kier alpha value is -0.840. The van der Waals surface area contributed by atoms with Gasteiger partial charge in [0.1, 0.15) is 0 Å². The highest BCUT2D eigenvalue weighted by atomic mass is 35.5. The standard InChI is InChI=1S/C13H12ClNOS2/c14-12-6-5-11(18-12)13(16)15-7-1-3-9(15)10-4-2-8-17-10/h2,4-6,8-9H,1,3,7H2/t9-/m0/s1. The lowest BCUT2D eigenvalue weighted by Crippen LogP contribution is -2.29. The van der Waals surface area contributed by atoms with Crippen LogP contribution in [0.5, 0.6) is 0 Å². The Morgan fingerprint density at radius 1 is 1.39 bits per heavy atom. The molecular formula is C13H12ClNOS2. The van der Waals surface area contributed by atoms with Crippen LogP contribution in [-0.4, -0.2) is 17.4 Å². The highest BCUT2D eigenvalue weighted by Crippen LogP contribution is 2.36. The molecule has 18 heavy (non-hydrogen) atoms. The number of carbonyl (C=O) groups excluding carboxylic acids is 1. The Labute approximate surface area is 119 Å². The molecule has 0 aromatic carbocycles. The third-order valence-corrected chi connectivity index (χ3v) is 5.36. The number of amides is 1. The predicted octanol–water partition coefficient (Wildman–Crippen LogP) is 4.44. The van der Waals surface area contributed by atoms with E-state index in [9.17, 15) is 4.79 Å². The molecular weight excluding hydrogens is 286 g/mol. The second kappa shape index (κ2) is 5.03. The number of hydrogen-bond acceptors (Lipinski definition) is 3. The first-order valence-electron chi connectivity index (χ1n) is 5.85. The van der Waals surface area contributed by atoms with Crippen molar-refractivity contribution in [1.29, 1.82) is 0 Å². The van der Waals surface area contributed by atoms with E-state index in [-0.39, 0.29) is 11.9 Å². The third kappa shape index (κ3) is 2.20. The van der Waals surface area contributed by atoms with Crippen LogP contribution in [0.1, 0.15) is 33.4 Å². The van der Waals surface area contributed by atoms with Crippen molar-refractivity contribution in [3.63, 3.8) is 0 Å². The molecule has 3 rings (SSSR count). The van der Waals surface area contributed by atoms with Gasteiger partial charge in [-0.15, -0.1) is 22.7 Å². The number of rotatable bonds is 2. The van der Waals surface area contributed by atoms with E-state index < -0.39 is 0 Å². The molecule has 0 spiro atoms. The van der Waals surface area contributed by atoms with Crippen LogP contribution in [0, 0.1) is 0 Å². The quantitative estimate of drug-likeness (QED) is 0.802. The number of likely N-dealkylation sites (tertiary alicyclic amines) is 1. The Balaban J connectivity index is 1.85. The summed E-state index contributed by atoms with van der Waals surface area (Å²) in [7, 11) is 0. The summed E-state index contributed by atoms with van der Waals surface area (Å²) in [4.78, 5) is 16.4. The minimum atomic E-state index is 0.114. The Morgan fingerprint density at radius 2 is 2.28 bits per heavy atom. The van der Waals surface area contributed by atoms with Crippen molar-refractivity contribution in [3.05, 3.63) is 43.7 Å². The van der Waals surface area contributed by atoms with Crippen molar-refractivity contribution in [2.45, 2.75) is 18.9 Å². The third-order valence-electron chi connectivity index (χ3n) is 3.17. The fourth-order valence-electron chi connectivity index (χ4n) is 2.36. The highest BCUT2D eigenvalue weighted by molar-refractivity contribution is 7.18. The zero-order valence-corrected chi connectivity index (χ0v) is 12.0. The summed E-state index contributed by atoms with van der Waals surface area (Å²) >= 11 is 8.98. The van der Waals surface area contributed by atoms with Crippen molar-refractivity contribution < 1.29 is 4.79 Å². The molecule has 1 amide bonds. The molecule has 1 aliphatic heterocycles. The van der Waals surface area contributed by atoms with E-state index in [0.29, 0.717) is 4.34 Å². The largest absolute Gasteiger partial charge is 0.330 e. The summed E-state index contributed by atoms with van der Waals surface area (Å²) in [5.41, 5.74) is 0.